The molecular formula is C15H19N3S. The lowest BCUT2D eigenvalue weighted by Crippen LogP contribution is -2.04. The summed E-state index contributed by atoms with van der Waals surface area (Å²) in [6, 6.07) is 0. The molecule has 1 fully saturated rings. The van der Waals surface area contributed by atoms with Crippen LogP contribution in [0.3, 0.4) is 0 Å². The number of hydrogen-bond acceptors (Lipinski definition) is 4. The Morgan fingerprint density at radius 2 is 2.11 bits per heavy atom. The summed E-state index contributed by atoms with van der Waals surface area (Å²) in [7, 11) is 0. The van der Waals surface area contributed by atoms with Crippen LogP contribution in [0, 0.1) is 5.92 Å². The maximum Gasteiger partial charge on any atom is 0.136 e. The third-order valence-corrected chi connectivity index (χ3v) is 5.86. The maximum atomic E-state index is 6.23. The lowest BCUT2D eigenvalue weighted by atomic mass is 10.1. The highest BCUT2D eigenvalue weighted by Gasteiger charge is 2.27. The molecule has 4 heteroatoms. The fraction of sp³-hybridized carbons (Fsp3) is 0.600. The molecule has 2 atom stereocenters. The summed E-state index contributed by atoms with van der Waals surface area (Å²) in [4.78, 5) is 12.1. The van der Waals surface area contributed by atoms with E-state index in [1.165, 1.54) is 42.5 Å². The molecule has 2 aliphatic rings. The zero-order valence-electron chi connectivity index (χ0n) is 11.3. The lowest BCUT2D eigenvalue weighted by Gasteiger charge is -2.09. The van der Waals surface area contributed by atoms with E-state index in [-0.39, 0.29) is 0 Å². The monoisotopic (exact) mass is 273 g/mol. The van der Waals surface area contributed by atoms with Gasteiger partial charge in [-0.05, 0) is 50.0 Å². The highest BCUT2D eigenvalue weighted by molar-refractivity contribution is 7.19. The first-order valence-electron chi connectivity index (χ1n) is 7.30. The highest BCUT2D eigenvalue weighted by atomic mass is 32.1. The topological polar surface area (TPSA) is 51.8 Å². The van der Waals surface area contributed by atoms with E-state index in [4.69, 9.17) is 10.7 Å². The third kappa shape index (κ3) is 1.76. The van der Waals surface area contributed by atoms with E-state index in [2.05, 4.69) is 11.9 Å². The van der Waals surface area contributed by atoms with Crippen LogP contribution in [0.5, 0.6) is 0 Å². The summed E-state index contributed by atoms with van der Waals surface area (Å²) in [6.07, 6.45) is 7.35. The number of aryl methyl sites for hydroxylation is 2. The Labute approximate surface area is 117 Å². The van der Waals surface area contributed by atoms with Crippen molar-refractivity contribution in [3.8, 4) is 0 Å². The van der Waals surface area contributed by atoms with E-state index in [0.717, 1.165) is 34.2 Å². The van der Waals surface area contributed by atoms with Crippen LogP contribution in [0.2, 0.25) is 0 Å². The van der Waals surface area contributed by atoms with Crippen molar-refractivity contribution < 1.29 is 0 Å². The summed E-state index contributed by atoms with van der Waals surface area (Å²) < 4.78 is 0. The van der Waals surface area contributed by atoms with E-state index in [0.29, 0.717) is 5.92 Å². The quantitative estimate of drug-likeness (QED) is 0.862. The molecule has 19 heavy (non-hydrogen) atoms. The van der Waals surface area contributed by atoms with E-state index < -0.39 is 0 Å². The molecule has 0 aromatic carbocycles. The SMILES string of the molecule is CC1CCC(c2nc(N)c3c4c(sc3n2)CCC4)C1. The molecule has 0 amide bonds. The molecule has 2 aliphatic carbocycles. The molecule has 0 bridgehead atoms. The number of nitrogens with two attached hydrogens (primary N) is 1. The number of nitrogens with zero attached hydrogens (tertiary/aromatic N) is 2. The fourth-order valence-electron chi connectivity index (χ4n) is 3.67. The second-order valence-electron chi connectivity index (χ2n) is 6.12. The molecule has 2 heterocycles. The Hall–Kier alpha value is -1.16. The van der Waals surface area contributed by atoms with Gasteiger partial charge >= 0.3 is 0 Å². The lowest BCUT2D eigenvalue weighted by molar-refractivity contribution is 0.587. The van der Waals surface area contributed by atoms with Crippen LogP contribution in [0.4, 0.5) is 5.82 Å². The van der Waals surface area contributed by atoms with Crippen molar-refractivity contribution in [3.05, 3.63) is 16.3 Å². The number of rotatable bonds is 1. The second-order valence-corrected chi connectivity index (χ2v) is 7.20. The van der Waals surface area contributed by atoms with Crippen molar-refractivity contribution in [2.75, 3.05) is 5.73 Å². The van der Waals surface area contributed by atoms with Crippen LogP contribution in [0.25, 0.3) is 10.2 Å². The zero-order chi connectivity index (χ0) is 13.0. The summed E-state index contributed by atoms with van der Waals surface area (Å²) >= 11 is 1.84. The number of thiophene rings is 1. The molecule has 0 aliphatic heterocycles. The number of anilines is 1. The average Bonchev–Trinajstić information content (AvgIpc) is 3.02. The molecule has 2 aromatic rings. The van der Waals surface area contributed by atoms with Gasteiger partial charge in [0.25, 0.3) is 0 Å². The van der Waals surface area contributed by atoms with Gasteiger partial charge in [0.15, 0.2) is 0 Å². The molecule has 2 aromatic heterocycles. The Morgan fingerprint density at radius 1 is 1.21 bits per heavy atom. The number of aromatic nitrogens is 2. The number of nitrogen functional groups attached to an aromatic ring is 1. The van der Waals surface area contributed by atoms with E-state index in [1.807, 2.05) is 11.3 Å². The Balaban J connectivity index is 1.83. The minimum atomic E-state index is 0.527. The normalized spacial score (nSPS) is 26.2. The van der Waals surface area contributed by atoms with Crippen molar-refractivity contribution >= 4 is 27.4 Å². The molecule has 4 rings (SSSR count). The summed E-state index contributed by atoms with van der Waals surface area (Å²) in [5.74, 6) is 3.05. The van der Waals surface area contributed by atoms with Crippen LogP contribution in [0.1, 0.15) is 54.8 Å². The van der Waals surface area contributed by atoms with Gasteiger partial charge in [0, 0.05) is 10.8 Å². The predicted octanol–water partition coefficient (Wildman–Crippen LogP) is 3.67. The van der Waals surface area contributed by atoms with Gasteiger partial charge < -0.3 is 5.73 Å². The molecule has 1 saturated carbocycles. The molecule has 2 unspecified atom stereocenters. The van der Waals surface area contributed by atoms with Crippen LogP contribution in [-0.4, -0.2) is 9.97 Å². The molecule has 0 radical (unpaired) electrons. The van der Waals surface area contributed by atoms with Gasteiger partial charge in [-0.1, -0.05) is 6.92 Å². The van der Waals surface area contributed by atoms with Crippen LogP contribution in [0.15, 0.2) is 0 Å². The smallest absolute Gasteiger partial charge is 0.136 e. The minimum absolute atomic E-state index is 0.527. The first-order chi connectivity index (χ1) is 9.22. The van der Waals surface area contributed by atoms with Crippen molar-refractivity contribution in [2.24, 2.45) is 5.92 Å². The fourth-order valence-corrected chi connectivity index (χ4v) is 4.94. The minimum Gasteiger partial charge on any atom is -0.383 e. The van der Waals surface area contributed by atoms with Gasteiger partial charge in [0.1, 0.15) is 16.5 Å². The van der Waals surface area contributed by atoms with Crippen molar-refractivity contribution in [3.63, 3.8) is 0 Å². The van der Waals surface area contributed by atoms with Gasteiger partial charge in [-0.25, -0.2) is 9.97 Å². The van der Waals surface area contributed by atoms with Gasteiger partial charge in [-0.2, -0.15) is 0 Å². The predicted molar refractivity (Wildman–Crippen MR) is 79.6 cm³/mol. The van der Waals surface area contributed by atoms with Crippen LogP contribution in [-0.2, 0) is 12.8 Å². The van der Waals surface area contributed by atoms with E-state index in [9.17, 15) is 0 Å². The molecular weight excluding hydrogens is 254 g/mol. The molecule has 0 saturated heterocycles. The maximum absolute atomic E-state index is 6.23. The highest BCUT2D eigenvalue weighted by Crippen LogP contribution is 2.41. The third-order valence-electron chi connectivity index (χ3n) is 4.67. The van der Waals surface area contributed by atoms with Crippen molar-refractivity contribution in [1.29, 1.82) is 0 Å². The van der Waals surface area contributed by atoms with Gasteiger partial charge in [0.2, 0.25) is 0 Å². The Kier molecular flexibility index (Phi) is 2.56. The Morgan fingerprint density at radius 3 is 2.89 bits per heavy atom. The summed E-state index contributed by atoms with van der Waals surface area (Å²) in [6.45, 7) is 2.32. The number of hydrogen-bond donors (Lipinski definition) is 1. The number of fused-ring (bicyclic) bond motifs is 3. The van der Waals surface area contributed by atoms with E-state index in [1.54, 1.807) is 0 Å². The summed E-state index contributed by atoms with van der Waals surface area (Å²) in [5.41, 5.74) is 7.67. The second kappa shape index (κ2) is 4.17. The molecule has 3 nitrogen and oxygen atoms in total. The largest absolute Gasteiger partial charge is 0.383 e. The standard InChI is InChI=1S/C15H19N3S/c1-8-5-6-9(7-8)14-17-13(16)12-10-3-2-4-11(10)19-15(12)18-14/h8-9H,2-7H2,1H3,(H2,16,17,18). The van der Waals surface area contributed by atoms with Gasteiger partial charge in [-0.15, -0.1) is 11.3 Å². The molecule has 100 valence electrons. The summed E-state index contributed by atoms with van der Waals surface area (Å²) in [5, 5.41) is 1.16. The Bertz CT molecular complexity index is 646. The van der Waals surface area contributed by atoms with Crippen molar-refractivity contribution in [1.82, 2.24) is 9.97 Å². The van der Waals surface area contributed by atoms with Crippen molar-refractivity contribution in [2.45, 2.75) is 51.4 Å². The van der Waals surface area contributed by atoms with Crippen LogP contribution < -0.4 is 5.73 Å². The van der Waals surface area contributed by atoms with E-state index >= 15 is 0 Å². The van der Waals surface area contributed by atoms with Crippen LogP contribution >= 0.6 is 11.3 Å². The zero-order valence-corrected chi connectivity index (χ0v) is 12.1. The van der Waals surface area contributed by atoms with Gasteiger partial charge in [0.05, 0.1) is 5.39 Å². The van der Waals surface area contributed by atoms with Gasteiger partial charge in [-0.3, -0.25) is 0 Å². The first kappa shape index (κ1) is 11.6. The molecule has 0 spiro atoms. The first-order valence-corrected chi connectivity index (χ1v) is 8.11. The molecule has 2 N–H and O–H groups in total. The average molecular weight is 273 g/mol.